The fraction of sp³-hybridized carbons (Fsp3) is 0.762. The number of nitrogens with zero attached hydrogens (tertiary/aromatic N) is 1. The summed E-state index contributed by atoms with van der Waals surface area (Å²) in [6.45, 7) is 21.4. The third kappa shape index (κ3) is 2.36. The first-order valence-electron chi connectivity index (χ1n) is 9.08. The number of hydrogen-bond acceptors (Lipinski definition) is 0. The maximum Gasteiger partial charge on any atom is 0.233 e. The Morgan fingerprint density at radius 1 is 1.36 bits per heavy atom. The van der Waals surface area contributed by atoms with Crippen molar-refractivity contribution in [3.05, 3.63) is 35.2 Å². The van der Waals surface area contributed by atoms with Crippen molar-refractivity contribution in [3.8, 4) is 0 Å². The summed E-state index contributed by atoms with van der Waals surface area (Å²) < 4.78 is 0. The molecule has 3 saturated carbocycles. The van der Waals surface area contributed by atoms with Gasteiger partial charge in [0.05, 0.1) is 0 Å². The lowest BCUT2D eigenvalue weighted by atomic mass is 9.46. The van der Waals surface area contributed by atoms with Gasteiger partial charge in [0.1, 0.15) is 0 Å². The highest BCUT2D eigenvalue weighted by Crippen LogP contribution is 2.61. The van der Waals surface area contributed by atoms with Crippen molar-refractivity contribution in [2.45, 2.75) is 65.3 Å². The van der Waals surface area contributed by atoms with Crippen LogP contribution in [0.25, 0.3) is 4.85 Å². The Morgan fingerprint density at radius 3 is 2.73 bits per heavy atom. The first-order valence-corrected chi connectivity index (χ1v) is 9.08. The van der Waals surface area contributed by atoms with Gasteiger partial charge in [-0.25, -0.2) is 6.57 Å². The van der Waals surface area contributed by atoms with Gasteiger partial charge >= 0.3 is 0 Å². The fourth-order valence-corrected chi connectivity index (χ4v) is 6.09. The smallest absolute Gasteiger partial charge is 0.233 e. The van der Waals surface area contributed by atoms with Crippen LogP contribution in [0.2, 0.25) is 0 Å². The molecule has 0 heterocycles. The van der Waals surface area contributed by atoms with Crippen LogP contribution in [0, 0.1) is 42.1 Å². The molecule has 0 N–H and O–H groups in total. The maximum atomic E-state index is 7.78. The molecular formula is C21H31N. The summed E-state index contributed by atoms with van der Waals surface area (Å²) in [5.41, 5.74) is 2.80. The number of allylic oxidation sites excluding steroid dienone is 3. The molecule has 0 saturated heterocycles. The van der Waals surface area contributed by atoms with Gasteiger partial charge in [-0.1, -0.05) is 30.7 Å². The Bertz CT molecular complexity index is 533. The molecule has 3 aliphatic rings. The lowest BCUT2D eigenvalue weighted by Crippen LogP contribution is -2.54. The topological polar surface area (TPSA) is 4.36 Å². The van der Waals surface area contributed by atoms with Crippen LogP contribution in [0.1, 0.15) is 59.8 Å². The Kier molecular flexibility index (Phi) is 4.00. The molecule has 22 heavy (non-hydrogen) atoms. The second kappa shape index (κ2) is 5.55. The third-order valence-electron chi connectivity index (χ3n) is 7.04. The molecule has 0 radical (unpaired) electrons. The minimum atomic E-state index is -0.118. The molecule has 1 heteroatoms. The van der Waals surface area contributed by atoms with Gasteiger partial charge in [-0.3, -0.25) is 0 Å². The molecule has 7 atom stereocenters. The van der Waals surface area contributed by atoms with Gasteiger partial charge in [-0.2, -0.15) is 0 Å². The summed E-state index contributed by atoms with van der Waals surface area (Å²) in [6.07, 6.45) is 8.53. The molecule has 3 fully saturated rings. The molecule has 0 aliphatic heterocycles. The maximum absolute atomic E-state index is 7.78. The van der Waals surface area contributed by atoms with Gasteiger partial charge in [0, 0.05) is 19.3 Å². The van der Waals surface area contributed by atoms with Gasteiger partial charge in [0.25, 0.3) is 0 Å². The Hall–Kier alpha value is -1.03. The standard InChI is InChI=1S/C21H31N/c1-13(2)11-16-12-15(4)17-9-10-21(5,22-6)18-8-7-14(3)19(16)20(17)18/h11,15-20H,3,7-10,12H2,1-2,4-5H3/t15-,16+,17+,18+,19-,20+,21-/m0/s1. The van der Waals surface area contributed by atoms with Crippen LogP contribution in [0.3, 0.4) is 0 Å². The van der Waals surface area contributed by atoms with Crippen LogP contribution in [0.15, 0.2) is 23.8 Å². The highest BCUT2D eigenvalue weighted by atomic mass is 14.8. The molecule has 120 valence electrons. The van der Waals surface area contributed by atoms with E-state index in [1.165, 1.54) is 30.4 Å². The molecule has 0 aromatic carbocycles. The van der Waals surface area contributed by atoms with E-state index in [0.29, 0.717) is 23.7 Å². The second-order valence-corrected chi connectivity index (χ2v) is 8.70. The van der Waals surface area contributed by atoms with E-state index < -0.39 is 0 Å². The van der Waals surface area contributed by atoms with E-state index in [1.54, 1.807) is 0 Å². The van der Waals surface area contributed by atoms with Crippen LogP contribution in [-0.2, 0) is 0 Å². The highest BCUT2D eigenvalue weighted by Gasteiger charge is 2.59. The first-order chi connectivity index (χ1) is 10.4. The average Bonchev–Trinajstić information content (AvgIpc) is 2.45. The summed E-state index contributed by atoms with van der Waals surface area (Å²) in [4.78, 5) is 4.13. The van der Waals surface area contributed by atoms with E-state index in [0.717, 1.165) is 24.7 Å². The molecule has 0 aromatic heterocycles. The summed E-state index contributed by atoms with van der Waals surface area (Å²) in [5.74, 6) is 4.21. The van der Waals surface area contributed by atoms with Crippen LogP contribution < -0.4 is 0 Å². The number of rotatable bonds is 1. The van der Waals surface area contributed by atoms with E-state index >= 15 is 0 Å². The van der Waals surface area contributed by atoms with Crippen molar-refractivity contribution in [2.75, 3.05) is 0 Å². The van der Waals surface area contributed by atoms with Crippen LogP contribution >= 0.6 is 0 Å². The highest BCUT2D eigenvalue weighted by molar-refractivity contribution is 5.22. The zero-order chi connectivity index (χ0) is 16.1. The summed E-state index contributed by atoms with van der Waals surface area (Å²) in [7, 11) is 0. The fourth-order valence-electron chi connectivity index (χ4n) is 6.09. The monoisotopic (exact) mass is 297 g/mol. The van der Waals surface area contributed by atoms with Crippen LogP contribution in [0.4, 0.5) is 0 Å². The largest absolute Gasteiger partial charge is 0.310 e. The van der Waals surface area contributed by atoms with E-state index in [2.05, 4.69) is 45.2 Å². The van der Waals surface area contributed by atoms with Gasteiger partial charge in [0.15, 0.2) is 0 Å². The number of hydrogen-bond donors (Lipinski definition) is 0. The molecular weight excluding hydrogens is 266 g/mol. The molecule has 0 aromatic rings. The first kappa shape index (κ1) is 15.9. The van der Waals surface area contributed by atoms with Crippen molar-refractivity contribution in [2.24, 2.45) is 35.5 Å². The van der Waals surface area contributed by atoms with Gasteiger partial charge in [0.2, 0.25) is 5.54 Å². The van der Waals surface area contributed by atoms with E-state index in [4.69, 9.17) is 6.57 Å². The van der Waals surface area contributed by atoms with Crippen molar-refractivity contribution < 1.29 is 0 Å². The van der Waals surface area contributed by atoms with E-state index in [-0.39, 0.29) is 5.54 Å². The Labute approximate surface area is 136 Å². The lowest BCUT2D eigenvalue weighted by molar-refractivity contribution is -0.0389. The normalized spacial score (nSPS) is 47.3. The van der Waals surface area contributed by atoms with Gasteiger partial charge in [-0.15, -0.1) is 0 Å². The summed E-state index contributed by atoms with van der Waals surface area (Å²) in [6, 6.07) is 0. The second-order valence-electron chi connectivity index (χ2n) is 8.70. The molecule has 0 bridgehead atoms. The minimum Gasteiger partial charge on any atom is -0.310 e. The molecule has 0 spiro atoms. The zero-order valence-electron chi connectivity index (χ0n) is 14.7. The van der Waals surface area contributed by atoms with Crippen molar-refractivity contribution in [1.29, 1.82) is 0 Å². The van der Waals surface area contributed by atoms with Gasteiger partial charge in [-0.05, 0) is 69.1 Å². The van der Waals surface area contributed by atoms with Crippen LogP contribution in [-0.4, -0.2) is 5.54 Å². The quantitative estimate of drug-likeness (QED) is 0.419. The molecule has 3 rings (SSSR count). The SMILES string of the molecule is [C-]#[N+][C@@]1(C)CC[C@H]2[C@H]3[C@@H](C(=C)CC[C@H]31)[C@H](C=C(C)C)C[C@@H]2C. The molecule has 1 nitrogen and oxygen atoms in total. The Morgan fingerprint density at radius 2 is 2.09 bits per heavy atom. The lowest BCUT2D eigenvalue weighted by Gasteiger charge is -2.57. The zero-order valence-corrected chi connectivity index (χ0v) is 14.7. The third-order valence-corrected chi connectivity index (χ3v) is 7.04. The van der Waals surface area contributed by atoms with Crippen LogP contribution in [0.5, 0.6) is 0 Å². The van der Waals surface area contributed by atoms with Crippen molar-refractivity contribution >= 4 is 0 Å². The predicted molar refractivity (Wildman–Crippen MR) is 93.3 cm³/mol. The van der Waals surface area contributed by atoms with E-state index in [1.807, 2.05) is 0 Å². The summed E-state index contributed by atoms with van der Waals surface area (Å²) in [5, 5.41) is 0. The molecule has 3 aliphatic carbocycles. The minimum absolute atomic E-state index is 0.118. The van der Waals surface area contributed by atoms with Crippen molar-refractivity contribution in [3.63, 3.8) is 0 Å². The van der Waals surface area contributed by atoms with E-state index in [9.17, 15) is 0 Å². The average molecular weight is 297 g/mol. The summed E-state index contributed by atoms with van der Waals surface area (Å²) >= 11 is 0. The van der Waals surface area contributed by atoms with Gasteiger partial charge < -0.3 is 4.85 Å². The molecule has 0 amide bonds. The Balaban J connectivity index is 2.02. The predicted octanol–water partition coefficient (Wildman–Crippen LogP) is 5.90. The van der Waals surface area contributed by atoms with Crippen molar-refractivity contribution in [1.82, 2.24) is 0 Å². The molecule has 0 unspecified atom stereocenters.